The van der Waals surface area contributed by atoms with Crippen LogP contribution < -0.4 is 10.5 Å². The van der Waals surface area contributed by atoms with Gasteiger partial charge in [0.05, 0.1) is 12.3 Å². The molecule has 0 bridgehead atoms. The number of nitrogens with zero attached hydrogens (tertiary/aromatic N) is 2. The number of aromatic nitrogens is 2. The van der Waals surface area contributed by atoms with Gasteiger partial charge in [-0.1, -0.05) is 0 Å². The Labute approximate surface area is 107 Å². The number of hydrogen-bond acceptors (Lipinski definition) is 3. The lowest BCUT2D eigenvalue weighted by Crippen LogP contribution is -2.07. The van der Waals surface area contributed by atoms with Crippen molar-refractivity contribution in [1.82, 2.24) is 9.78 Å². The third kappa shape index (κ3) is 2.81. The average molecular weight is 271 g/mol. The molecule has 2 rings (SSSR count). The van der Waals surface area contributed by atoms with E-state index in [4.69, 9.17) is 10.5 Å². The van der Waals surface area contributed by atoms with E-state index in [1.165, 1.54) is 0 Å². The molecule has 0 spiro atoms. The molecular weight excluding hydrogens is 259 g/mol. The van der Waals surface area contributed by atoms with E-state index in [0.29, 0.717) is 18.0 Å². The number of anilines is 1. The molecule has 0 saturated carbocycles. The molecule has 102 valence electrons. The van der Waals surface area contributed by atoms with Crippen LogP contribution in [0.5, 0.6) is 5.75 Å². The van der Waals surface area contributed by atoms with E-state index < -0.39 is 11.9 Å². The van der Waals surface area contributed by atoms with Gasteiger partial charge in [0.1, 0.15) is 11.6 Å². The lowest BCUT2D eigenvalue weighted by atomic mass is 10.3. The first kappa shape index (κ1) is 13.3. The number of nitrogen functional groups attached to an aromatic ring is 1. The Kier molecular flexibility index (Phi) is 3.37. The first-order valence-electron chi connectivity index (χ1n) is 5.58. The molecule has 1 aromatic carbocycles. The fourth-order valence-corrected chi connectivity index (χ4v) is 1.59. The van der Waals surface area contributed by atoms with Crippen LogP contribution in [-0.2, 0) is 6.18 Å². The van der Waals surface area contributed by atoms with Crippen molar-refractivity contribution in [2.45, 2.75) is 13.1 Å². The Morgan fingerprint density at radius 3 is 2.37 bits per heavy atom. The van der Waals surface area contributed by atoms with Crippen LogP contribution in [0.3, 0.4) is 0 Å². The molecule has 0 atom stereocenters. The maximum atomic E-state index is 12.5. The summed E-state index contributed by atoms with van der Waals surface area (Å²) in [6.45, 7) is 2.36. The zero-order valence-corrected chi connectivity index (χ0v) is 10.1. The maximum Gasteiger partial charge on any atom is 0.435 e. The van der Waals surface area contributed by atoms with E-state index in [1.807, 2.05) is 6.92 Å². The predicted molar refractivity (Wildman–Crippen MR) is 64.1 cm³/mol. The lowest BCUT2D eigenvalue weighted by molar-refractivity contribution is -0.141. The third-order valence-corrected chi connectivity index (χ3v) is 2.42. The van der Waals surface area contributed by atoms with E-state index in [-0.39, 0.29) is 5.82 Å². The van der Waals surface area contributed by atoms with E-state index in [0.717, 1.165) is 10.7 Å². The van der Waals surface area contributed by atoms with Crippen molar-refractivity contribution < 1.29 is 17.9 Å². The van der Waals surface area contributed by atoms with E-state index in [2.05, 4.69) is 5.10 Å². The zero-order chi connectivity index (χ0) is 14.0. The minimum Gasteiger partial charge on any atom is -0.494 e. The summed E-state index contributed by atoms with van der Waals surface area (Å²) in [6.07, 6.45) is -4.51. The van der Waals surface area contributed by atoms with Crippen molar-refractivity contribution in [1.29, 1.82) is 0 Å². The predicted octanol–water partition coefficient (Wildman–Crippen LogP) is 2.87. The van der Waals surface area contributed by atoms with Crippen LogP contribution in [0.4, 0.5) is 19.0 Å². The standard InChI is InChI=1S/C12H12F3N3O/c1-2-19-9-5-3-8(4-6-9)18-11(16)7-10(17-18)12(13,14)15/h3-7H,2,16H2,1H3. The Bertz CT molecular complexity index is 561. The summed E-state index contributed by atoms with van der Waals surface area (Å²) in [7, 11) is 0. The molecule has 0 aliphatic heterocycles. The fraction of sp³-hybridized carbons (Fsp3) is 0.250. The van der Waals surface area contributed by atoms with Crippen LogP contribution >= 0.6 is 0 Å². The molecule has 2 aromatic rings. The summed E-state index contributed by atoms with van der Waals surface area (Å²) in [4.78, 5) is 0. The summed E-state index contributed by atoms with van der Waals surface area (Å²) < 4.78 is 43.8. The number of hydrogen-bond donors (Lipinski definition) is 1. The molecule has 19 heavy (non-hydrogen) atoms. The molecule has 7 heteroatoms. The molecule has 0 aliphatic rings. The number of alkyl halides is 3. The normalized spacial score (nSPS) is 11.6. The van der Waals surface area contributed by atoms with Crippen LogP contribution in [0.2, 0.25) is 0 Å². The van der Waals surface area contributed by atoms with Gasteiger partial charge < -0.3 is 10.5 Å². The number of rotatable bonds is 3. The monoisotopic (exact) mass is 271 g/mol. The molecular formula is C12H12F3N3O. The average Bonchev–Trinajstić information content (AvgIpc) is 2.73. The summed E-state index contributed by atoms with van der Waals surface area (Å²) >= 11 is 0. The highest BCUT2D eigenvalue weighted by atomic mass is 19.4. The molecule has 4 nitrogen and oxygen atoms in total. The van der Waals surface area contributed by atoms with Gasteiger partial charge >= 0.3 is 6.18 Å². The van der Waals surface area contributed by atoms with Crippen molar-refractivity contribution >= 4 is 5.82 Å². The number of halogens is 3. The highest BCUT2D eigenvalue weighted by molar-refractivity contribution is 5.45. The Morgan fingerprint density at radius 1 is 1.26 bits per heavy atom. The van der Waals surface area contributed by atoms with Gasteiger partial charge in [0, 0.05) is 6.07 Å². The molecule has 0 radical (unpaired) electrons. The van der Waals surface area contributed by atoms with E-state index >= 15 is 0 Å². The molecule has 0 fully saturated rings. The van der Waals surface area contributed by atoms with Crippen molar-refractivity contribution in [3.05, 3.63) is 36.0 Å². The van der Waals surface area contributed by atoms with Crippen molar-refractivity contribution in [3.8, 4) is 11.4 Å². The number of nitrogens with two attached hydrogens (primary N) is 1. The second-order valence-electron chi connectivity index (χ2n) is 3.79. The quantitative estimate of drug-likeness (QED) is 0.933. The molecule has 0 amide bonds. The summed E-state index contributed by atoms with van der Waals surface area (Å²) in [5.41, 5.74) is 4.96. The minimum absolute atomic E-state index is 0.0727. The molecule has 1 aromatic heterocycles. The Morgan fingerprint density at radius 2 is 1.89 bits per heavy atom. The van der Waals surface area contributed by atoms with Gasteiger partial charge in [-0.15, -0.1) is 0 Å². The van der Waals surface area contributed by atoms with Crippen LogP contribution in [-0.4, -0.2) is 16.4 Å². The Hall–Kier alpha value is -2.18. The van der Waals surface area contributed by atoms with Gasteiger partial charge in [-0.25, -0.2) is 4.68 Å². The van der Waals surface area contributed by atoms with Gasteiger partial charge in [0.15, 0.2) is 5.69 Å². The van der Waals surface area contributed by atoms with Crippen LogP contribution in [0.15, 0.2) is 30.3 Å². The first-order chi connectivity index (χ1) is 8.91. The van der Waals surface area contributed by atoms with Gasteiger partial charge in [-0.05, 0) is 31.2 Å². The topological polar surface area (TPSA) is 53.1 Å². The van der Waals surface area contributed by atoms with Gasteiger partial charge in [0.2, 0.25) is 0 Å². The largest absolute Gasteiger partial charge is 0.494 e. The van der Waals surface area contributed by atoms with Crippen LogP contribution in [0.25, 0.3) is 5.69 Å². The molecule has 1 heterocycles. The van der Waals surface area contributed by atoms with Crippen molar-refractivity contribution in [2.24, 2.45) is 0 Å². The van der Waals surface area contributed by atoms with Crippen molar-refractivity contribution in [3.63, 3.8) is 0 Å². The number of ether oxygens (including phenoxy) is 1. The second-order valence-corrected chi connectivity index (χ2v) is 3.79. The van der Waals surface area contributed by atoms with Gasteiger partial charge in [-0.3, -0.25) is 0 Å². The highest BCUT2D eigenvalue weighted by Crippen LogP contribution is 2.30. The molecule has 0 saturated heterocycles. The van der Waals surface area contributed by atoms with E-state index in [9.17, 15) is 13.2 Å². The van der Waals surface area contributed by atoms with Crippen LogP contribution in [0, 0.1) is 0 Å². The maximum absolute atomic E-state index is 12.5. The molecule has 0 unspecified atom stereocenters. The zero-order valence-electron chi connectivity index (χ0n) is 10.1. The summed E-state index contributed by atoms with van der Waals surface area (Å²) in [6, 6.07) is 7.28. The molecule has 0 aliphatic carbocycles. The fourth-order valence-electron chi connectivity index (χ4n) is 1.59. The summed E-state index contributed by atoms with van der Waals surface area (Å²) in [5.74, 6) is 0.560. The third-order valence-electron chi connectivity index (χ3n) is 2.42. The SMILES string of the molecule is CCOc1ccc(-n2nc(C(F)(F)F)cc2N)cc1. The highest BCUT2D eigenvalue weighted by Gasteiger charge is 2.34. The van der Waals surface area contributed by atoms with Crippen LogP contribution in [0.1, 0.15) is 12.6 Å². The summed E-state index contributed by atoms with van der Waals surface area (Å²) in [5, 5.41) is 3.45. The first-order valence-corrected chi connectivity index (χ1v) is 5.58. The minimum atomic E-state index is -4.51. The van der Waals surface area contributed by atoms with Crippen molar-refractivity contribution in [2.75, 3.05) is 12.3 Å². The van der Waals surface area contributed by atoms with Gasteiger partial charge in [0.25, 0.3) is 0 Å². The Balaban J connectivity index is 2.34. The van der Waals surface area contributed by atoms with Gasteiger partial charge in [-0.2, -0.15) is 18.3 Å². The lowest BCUT2D eigenvalue weighted by Gasteiger charge is -2.06. The van der Waals surface area contributed by atoms with E-state index in [1.54, 1.807) is 24.3 Å². The molecule has 2 N–H and O–H groups in total. The number of benzene rings is 1. The second kappa shape index (κ2) is 4.83. The smallest absolute Gasteiger partial charge is 0.435 e.